The standard InChI is InChI=1S/C16H26N2O/c1-13(2)10-17-11-15(19)12-18-9-5-7-14-6-3-4-8-16(14)18/h3-4,6,8,13,15,17,19H,5,7,9-12H2,1-2H3. The average molecular weight is 262 g/mol. The van der Waals surface area contributed by atoms with E-state index in [1.807, 2.05) is 0 Å². The molecule has 1 aliphatic heterocycles. The fraction of sp³-hybridized carbons (Fsp3) is 0.625. The molecule has 0 saturated heterocycles. The lowest BCUT2D eigenvalue weighted by molar-refractivity contribution is 0.175. The molecule has 0 bridgehead atoms. The van der Waals surface area contributed by atoms with Crippen molar-refractivity contribution in [2.45, 2.75) is 32.8 Å². The normalized spacial score (nSPS) is 16.5. The molecule has 0 aliphatic carbocycles. The maximum absolute atomic E-state index is 10.1. The van der Waals surface area contributed by atoms with Crippen LogP contribution in [0.5, 0.6) is 0 Å². The fourth-order valence-corrected chi connectivity index (χ4v) is 2.66. The van der Waals surface area contributed by atoms with Gasteiger partial charge in [0.2, 0.25) is 0 Å². The molecular weight excluding hydrogens is 236 g/mol. The number of benzene rings is 1. The molecule has 0 saturated carbocycles. The summed E-state index contributed by atoms with van der Waals surface area (Å²) in [6.45, 7) is 7.78. The number of nitrogens with one attached hydrogen (secondary N) is 1. The predicted octanol–water partition coefficient (Wildman–Crippen LogP) is 2.05. The first-order valence-corrected chi connectivity index (χ1v) is 7.38. The lowest BCUT2D eigenvalue weighted by Gasteiger charge is -2.33. The van der Waals surface area contributed by atoms with E-state index in [0.29, 0.717) is 12.5 Å². The van der Waals surface area contributed by atoms with E-state index in [0.717, 1.165) is 26.1 Å². The van der Waals surface area contributed by atoms with Crippen LogP contribution in [0.15, 0.2) is 24.3 Å². The van der Waals surface area contributed by atoms with Crippen molar-refractivity contribution >= 4 is 5.69 Å². The van der Waals surface area contributed by atoms with Crippen LogP contribution in [0.4, 0.5) is 5.69 Å². The summed E-state index contributed by atoms with van der Waals surface area (Å²) in [5, 5.41) is 13.5. The van der Waals surface area contributed by atoms with Gasteiger partial charge in [-0.05, 0) is 36.9 Å². The Hall–Kier alpha value is -1.06. The molecule has 1 heterocycles. The third kappa shape index (κ3) is 4.22. The lowest BCUT2D eigenvalue weighted by atomic mass is 10.0. The molecule has 1 aromatic rings. The second-order valence-electron chi connectivity index (χ2n) is 5.88. The number of aryl methyl sites for hydroxylation is 1. The van der Waals surface area contributed by atoms with E-state index in [4.69, 9.17) is 0 Å². The van der Waals surface area contributed by atoms with Crippen molar-refractivity contribution in [3.05, 3.63) is 29.8 Å². The minimum absolute atomic E-state index is 0.301. The van der Waals surface area contributed by atoms with Crippen LogP contribution in [-0.2, 0) is 6.42 Å². The predicted molar refractivity (Wildman–Crippen MR) is 80.7 cm³/mol. The van der Waals surface area contributed by atoms with Gasteiger partial charge in [0.15, 0.2) is 0 Å². The van der Waals surface area contributed by atoms with Gasteiger partial charge in [0.25, 0.3) is 0 Å². The first kappa shape index (κ1) is 14.4. The zero-order valence-corrected chi connectivity index (χ0v) is 12.1. The molecule has 1 atom stereocenters. The monoisotopic (exact) mass is 262 g/mol. The molecule has 2 N–H and O–H groups in total. The van der Waals surface area contributed by atoms with Crippen LogP contribution in [-0.4, -0.2) is 37.4 Å². The largest absolute Gasteiger partial charge is 0.390 e. The molecule has 0 fully saturated rings. The summed E-state index contributed by atoms with van der Waals surface area (Å²) in [6.07, 6.45) is 2.04. The van der Waals surface area contributed by atoms with Crippen LogP contribution in [0, 0.1) is 5.92 Å². The number of anilines is 1. The number of rotatable bonds is 6. The van der Waals surface area contributed by atoms with Gasteiger partial charge in [0.05, 0.1) is 6.10 Å². The number of aliphatic hydroxyl groups excluding tert-OH is 1. The van der Waals surface area contributed by atoms with Gasteiger partial charge in [-0.1, -0.05) is 32.0 Å². The van der Waals surface area contributed by atoms with E-state index >= 15 is 0 Å². The van der Waals surface area contributed by atoms with E-state index in [1.165, 1.54) is 17.7 Å². The zero-order chi connectivity index (χ0) is 13.7. The summed E-state index contributed by atoms with van der Waals surface area (Å²) < 4.78 is 0. The first-order chi connectivity index (χ1) is 9.16. The van der Waals surface area contributed by atoms with Crippen LogP contribution in [0.3, 0.4) is 0 Å². The fourth-order valence-electron chi connectivity index (χ4n) is 2.66. The van der Waals surface area contributed by atoms with E-state index in [9.17, 15) is 5.11 Å². The van der Waals surface area contributed by atoms with Crippen LogP contribution < -0.4 is 10.2 Å². The van der Waals surface area contributed by atoms with Gasteiger partial charge in [0.1, 0.15) is 0 Å². The summed E-state index contributed by atoms with van der Waals surface area (Å²) in [5.41, 5.74) is 2.72. The highest BCUT2D eigenvalue weighted by atomic mass is 16.3. The number of nitrogens with zero attached hydrogens (tertiary/aromatic N) is 1. The minimum atomic E-state index is -0.301. The second-order valence-corrected chi connectivity index (χ2v) is 5.88. The molecule has 1 aliphatic rings. The maximum atomic E-state index is 10.1. The quantitative estimate of drug-likeness (QED) is 0.823. The number of hydrogen-bond donors (Lipinski definition) is 2. The van der Waals surface area contributed by atoms with Crippen molar-refractivity contribution in [2.24, 2.45) is 5.92 Å². The highest BCUT2D eigenvalue weighted by Crippen LogP contribution is 2.26. The third-order valence-electron chi connectivity index (χ3n) is 3.57. The number of para-hydroxylation sites is 1. The molecule has 0 amide bonds. The first-order valence-electron chi connectivity index (χ1n) is 7.38. The van der Waals surface area contributed by atoms with Gasteiger partial charge >= 0.3 is 0 Å². The van der Waals surface area contributed by atoms with Crippen LogP contribution in [0.2, 0.25) is 0 Å². The number of hydrogen-bond acceptors (Lipinski definition) is 3. The minimum Gasteiger partial charge on any atom is -0.390 e. The molecule has 0 spiro atoms. The van der Waals surface area contributed by atoms with Gasteiger partial charge < -0.3 is 15.3 Å². The smallest absolute Gasteiger partial charge is 0.0839 e. The van der Waals surface area contributed by atoms with Crippen molar-refractivity contribution in [1.82, 2.24) is 5.32 Å². The molecule has 0 radical (unpaired) electrons. The molecule has 2 rings (SSSR count). The van der Waals surface area contributed by atoms with Crippen LogP contribution in [0.25, 0.3) is 0 Å². The Morgan fingerprint density at radius 1 is 1.26 bits per heavy atom. The Bertz CT molecular complexity index is 392. The van der Waals surface area contributed by atoms with Gasteiger partial charge in [-0.3, -0.25) is 0 Å². The Morgan fingerprint density at radius 2 is 2.05 bits per heavy atom. The van der Waals surface area contributed by atoms with Crippen LogP contribution in [0.1, 0.15) is 25.8 Å². The third-order valence-corrected chi connectivity index (χ3v) is 3.57. The van der Waals surface area contributed by atoms with Crippen molar-refractivity contribution in [3.63, 3.8) is 0 Å². The molecule has 3 heteroatoms. The van der Waals surface area contributed by atoms with Gasteiger partial charge in [-0.2, -0.15) is 0 Å². The topological polar surface area (TPSA) is 35.5 Å². The number of fused-ring (bicyclic) bond motifs is 1. The molecule has 0 aromatic heterocycles. The van der Waals surface area contributed by atoms with E-state index in [1.54, 1.807) is 0 Å². The molecule has 1 aromatic carbocycles. The average Bonchev–Trinajstić information content (AvgIpc) is 2.39. The van der Waals surface area contributed by atoms with Gasteiger partial charge in [-0.25, -0.2) is 0 Å². The highest BCUT2D eigenvalue weighted by molar-refractivity contribution is 5.55. The van der Waals surface area contributed by atoms with E-state index in [2.05, 4.69) is 48.3 Å². The Kier molecular flexibility index (Phi) is 5.23. The summed E-state index contributed by atoms with van der Waals surface area (Å²) >= 11 is 0. The Morgan fingerprint density at radius 3 is 2.84 bits per heavy atom. The zero-order valence-electron chi connectivity index (χ0n) is 12.1. The van der Waals surface area contributed by atoms with Crippen molar-refractivity contribution < 1.29 is 5.11 Å². The number of aliphatic hydroxyl groups is 1. The van der Waals surface area contributed by atoms with Crippen molar-refractivity contribution in [3.8, 4) is 0 Å². The SMILES string of the molecule is CC(C)CNCC(O)CN1CCCc2ccccc21. The number of β-amino-alcohol motifs (C(OH)–C–C–N with tert-alkyl or cyclic N) is 1. The van der Waals surface area contributed by atoms with Crippen LogP contribution >= 0.6 is 0 Å². The second kappa shape index (κ2) is 6.92. The highest BCUT2D eigenvalue weighted by Gasteiger charge is 2.18. The molecule has 106 valence electrons. The molecule has 3 nitrogen and oxygen atoms in total. The Labute approximate surface area is 116 Å². The van der Waals surface area contributed by atoms with Gasteiger partial charge in [-0.15, -0.1) is 0 Å². The maximum Gasteiger partial charge on any atom is 0.0839 e. The summed E-state index contributed by atoms with van der Waals surface area (Å²) in [7, 11) is 0. The van der Waals surface area contributed by atoms with Gasteiger partial charge in [0, 0.05) is 25.3 Å². The molecule has 1 unspecified atom stereocenters. The van der Waals surface area contributed by atoms with Crippen molar-refractivity contribution in [1.29, 1.82) is 0 Å². The summed E-state index contributed by atoms with van der Waals surface area (Å²) in [5.74, 6) is 0.628. The molecular formula is C16H26N2O. The molecule has 19 heavy (non-hydrogen) atoms. The Balaban J connectivity index is 1.86. The summed E-state index contributed by atoms with van der Waals surface area (Å²) in [6, 6.07) is 8.55. The lowest BCUT2D eigenvalue weighted by Crippen LogP contribution is -2.41. The van der Waals surface area contributed by atoms with E-state index in [-0.39, 0.29) is 6.10 Å². The summed E-state index contributed by atoms with van der Waals surface area (Å²) in [4.78, 5) is 2.32. The van der Waals surface area contributed by atoms with E-state index < -0.39 is 0 Å². The van der Waals surface area contributed by atoms with Crippen molar-refractivity contribution in [2.75, 3.05) is 31.1 Å².